The van der Waals surface area contributed by atoms with Gasteiger partial charge in [-0.2, -0.15) is 11.8 Å². The molecule has 3 heteroatoms. The molecule has 2 aliphatic heterocycles. The highest BCUT2D eigenvalue weighted by Gasteiger charge is 2.10. The molecule has 0 radical (unpaired) electrons. The summed E-state index contributed by atoms with van der Waals surface area (Å²) in [4.78, 5) is 5.30. The molecule has 0 saturated carbocycles. The zero-order valence-corrected chi connectivity index (χ0v) is 12.0. The minimum absolute atomic E-state index is 1.32. The number of piperidine rings is 2. The van der Waals surface area contributed by atoms with E-state index in [4.69, 9.17) is 0 Å². The van der Waals surface area contributed by atoms with Gasteiger partial charge >= 0.3 is 0 Å². The summed E-state index contributed by atoms with van der Waals surface area (Å²) < 4.78 is 0. The van der Waals surface area contributed by atoms with Crippen molar-refractivity contribution >= 4 is 11.8 Å². The zero-order chi connectivity index (χ0) is 11.8. The SMILES string of the molecule is C1CCN(CCSCCN2CCCCC2)CC1. The number of nitrogens with zero attached hydrogens (tertiary/aromatic N) is 2. The maximum atomic E-state index is 2.65. The molecule has 0 N–H and O–H groups in total. The highest BCUT2D eigenvalue weighted by atomic mass is 32.2. The van der Waals surface area contributed by atoms with E-state index in [0.717, 1.165) is 0 Å². The first kappa shape index (κ1) is 13.7. The molecule has 2 fully saturated rings. The van der Waals surface area contributed by atoms with Crippen LogP contribution in [0.2, 0.25) is 0 Å². The lowest BCUT2D eigenvalue weighted by atomic mass is 10.1. The fourth-order valence-electron chi connectivity index (χ4n) is 2.86. The van der Waals surface area contributed by atoms with Crippen LogP contribution in [0.4, 0.5) is 0 Å². The summed E-state index contributed by atoms with van der Waals surface area (Å²) in [7, 11) is 0. The molecule has 2 heterocycles. The molecule has 2 saturated heterocycles. The predicted octanol–water partition coefficient (Wildman–Crippen LogP) is 2.69. The van der Waals surface area contributed by atoms with Gasteiger partial charge in [-0.25, -0.2) is 0 Å². The average Bonchev–Trinajstić information content (AvgIpc) is 2.41. The molecule has 0 unspecified atom stereocenters. The average molecular weight is 256 g/mol. The second-order valence-corrected chi connectivity index (χ2v) is 6.64. The fraction of sp³-hybridized carbons (Fsp3) is 1.00. The zero-order valence-electron chi connectivity index (χ0n) is 11.2. The Morgan fingerprint density at radius 1 is 0.588 bits per heavy atom. The van der Waals surface area contributed by atoms with Crippen LogP contribution < -0.4 is 0 Å². The molecular weight excluding hydrogens is 228 g/mol. The Hall–Kier alpha value is 0.270. The van der Waals surface area contributed by atoms with Gasteiger partial charge < -0.3 is 9.80 Å². The summed E-state index contributed by atoms with van der Waals surface area (Å²) in [6, 6.07) is 0. The van der Waals surface area contributed by atoms with Crippen LogP contribution in [-0.2, 0) is 0 Å². The third-order valence-electron chi connectivity index (χ3n) is 4.00. The molecule has 0 aliphatic carbocycles. The lowest BCUT2D eigenvalue weighted by molar-refractivity contribution is 0.240. The van der Waals surface area contributed by atoms with E-state index < -0.39 is 0 Å². The highest BCUT2D eigenvalue weighted by Crippen LogP contribution is 2.12. The Bertz CT molecular complexity index is 167. The molecule has 0 aromatic heterocycles. The fourth-order valence-corrected chi connectivity index (χ4v) is 3.83. The van der Waals surface area contributed by atoms with Crippen molar-refractivity contribution in [3.05, 3.63) is 0 Å². The molecule has 0 aromatic carbocycles. The Balaban J connectivity index is 1.42. The lowest BCUT2D eigenvalue weighted by Crippen LogP contribution is -2.33. The summed E-state index contributed by atoms with van der Waals surface area (Å²) in [6.45, 7) is 8.06. The normalized spacial score (nSPS) is 24.0. The van der Waals surface area contributed by atoms with Crippen LogP contribution in [0, 0.1) is 0 Å². The number of hydrogen-bond acceptors (Lipinski definition) is 3. The first-order valence-corrected chi connectivity index (χ1v) is 8.63. The molecule has 0 amide bonds. The van der Waals surface area contributed by atoms with E-state index in [9.17, 15) is 0 Å². The molecule has 0 spiro atoms. The Morgan fingerprint density at radius 3 is 1.41 bits per heavy atom. The van der Waals surface area contributed by atoms with Crippen molar-refractivity contribution < 1.29 is 0 Å². The summed E-state index contributed by atoms with van der Waals surface area (Å²) in [5.74, 6) is 2.68. The maximum Gasteiger partial charge on any atom is 0.00723 e. The molecule has 2 nitrogen and oxygen atoms in total. The first-order valence-electron chi connectivity index (χ1n) is 7.47. The molecule has 2 rings (SSSR count). The second-order valence-electron chi connectivity index (χ2n) is 5.42. The summed E-state index contributed by atoms with van der Waals surface area (Å²) in [6.07, 6.45) is 8.63. The van der Waals surface area contributed by atoms with Gasteiger partial charge in [0.2, 0.25) is 0 Å². The molecule has 2 aliphatic rings. The summed E-state index contributed by atoms with van der Waals surface area (Å²) in [5.41, 5.74) is 0. The topological polar surface area (TPSA) is 6.48 Å². The standard InChI is InChI=1S/C14H28N2S/c1-3-7-15(8-4-1)11-13-17-14-12-16-9-5-2-6-10-16/h1-14H2. The van der Waals surface area contributed by atoms with E-state index in [2.05, 4.69) is 21.6 Å². The first-order chi connectivity index (χ1) is 8.45. The van der Waals surface area contributed by atoms with Crippen molar-refractivity contribution in [2.45, 2.75) is 38.5 Å². The van der Waals surface area contributed by atoms with Crippen LogP contribution in [0.25, 0.3) is 0 Å². The smallest absolute Gasteiger partial charge is 0.00723 e. The highest BCUT2D eigenvalue weighted by molar-refractivity contribution is 7.99. The van der Waals surface area contributed by atoms with Gasteiger partial charge in [-0.15, -0.1) is 0 Å². The van der Waals surface area contributed by atoms with Crippen molar-refractivity contribution in [2.24, 2.45) is 0 Å². The third kappa shape index (κ3) is 5.62. The van der Waals surface area contributed by atoms with E-state index in [-0.39, 0.29) is 0 Å². The van der Waals surface area contributed by atoms with Crippen LogP contribution in [0.3, 0.4) is 0 Å². The van der Waals surface area contributed by atoms with Crippen LogP contribution in [-0.4, -0.2) is 60.6 Å². The van der Waals surface area contributed by atoms with E-state index in [0.29, 0.717) is 0 Å². The molecule has 0 bridgehead atoms. The number of hydrogen-bond donors (Lipinski definition) is 0. The largest absolute Gasteiger partial charge is 0.303 e. The Labute approximate surface area is 111 Å². The maximum absolute atomic E-state index is 2.65. The van der Waals surface area contributed by atoms with Crippen molar-refractivity contribution in [1.82, 2.24) is 9.80 Å². The summed E-state index contributed by atoms with van der Waals surface area (Å²) >= 11 is 2.16. The minimum Gasteiger partial charge on any atom is -0.303 e. The van der Waals surface area contributed by atoms with Crippen LogP contribution in [0.5, 0.6) is 0 Å². The van der Waals surface area contributed by atoms with E-state index in [1.165, 1.54) is 89.3 Å². The van der Waals surface area contributed by atoms with Gasteiger partial charge in [0.15, 0.2) is 0 Å². The van der Waals surface area contributed by atoms with Gasteiger partial charge in [0.05, 0.1) is 0 Å². The Morgan fingerprint density at radius 2 is 1.00 bits per heavy atom. The van der Waals surface area contributed by atoms with Crippen molar-refractivity contribution in [3.8, 4) is 0 Å². The van der Waals surface area contributed by atoms with Gasteiger partial charge in [-0.1, -0.05) is 12.8 Å². The number of likely N-dealkylation sites (tertiary alicyclic amines) is 2. The van der Waals surface area contributed by atoms with Crippen LogP contribution >= 0.6 is 11.8 Å². The van der Waals surface area contributed by atoms with Crippen LogP contribution in [0.1, 0.15) is 38.5 Å². The van der Waals surface area contributed by atoms with Crippen molar-refractivity contribution in [3.63, 3.8) is 0 Å². The van der Waals surface area contributed by atoms with E-state index in [1.54, 1.807) is 0 Å². The number of rotatable bonds is 6. The molecular formula is C14H28N2S. The van der Waals surface area contributed by atoms with Crippen LogP contribution in [0.15, 0.2) is 0 Å². The van der Waals surface area contributed by atoms with Gasteiger partial charge in [0.1, 0.15) is 0 Å². The molecule has 0 aromatic rings. The van der Waals surface area contributed by atoms with Gasteiger partial charge in [0, 0.05) is 24.6 Å². The molecule has 17 heavy (non-hydrogen) atoms. The quantitative estimate of drug-likeness (QED) is 0.675. The van der Waals surface area contributed by atoms with E-state index >= 15 is 0 Å². The lowest BCUT2D eigenvalue weighted by Gasteiger charge is -2.27. The van der Waals surface area contributed by atoms with E-state index in [1.807, 2.05) is 0 Å². The van der Waals surface area contributed by atoms with Crippen molar-refractivity contribution in [1.29, 1.82) is 0 Å². The van der Waals surface area contributed by atoms with Gasteiger partial charge in [0.25, 0.3) is 0 Å². The van der Waals surface area contributed by atoms with Gasteiger partial charge in [-0.3, -0.25) is 0 Å². The third-order valence-corrected chi connectivity index (χ3v) is 4.94. The summed E-state index contributed by atoms with van der Waals surface area (Å²) in [5, 5.41) is 0. The Kier molecular flexibility index (Phi) is 6.76. The monoisotopic (exact) mass is 256 g/mol. The van der Waals surface area contributed by atoms with Crippen molar-refractivity contribution in [2.75, 3.05) is 50.8 Å². The number of thioether (sulfide) groups is 1. The predicted molar refractivity (Wildman–Crippen MR) is 77.9 cm³/mol. The molecule has 100 valence electrons. The second kappa shape index (κ2) is 8.39. The van der Waals surface area contributed by atoms with Gasteiger partial charge in [-0.05, 0) is 51.9 Å². The minimum atomic E-state index is 1.32. The molecule has 0 atom stereocenters.